The smallest absolute Gasteiger partial charge is 0.290 e. The molecule has 1 aliphatic carbocycles. The quantitative estimate of drug-likeness (QED) is 0.388. The van der Waals surface area contributed by atoms with Gasteiger partial charge in [0.15, 0.2) is 23.1 Å². The zero-order valence-electron chi connectivity index (χ0n) is 16.9. The molecular formula is C20H22F4N4O4. The Bertz CT molecular complexity index is 983. The SMILES string of the molecule is N[C@@H](CC(=O)N1CCC[C@H]1c1noc(C2(F)CC2)n1)Cc1cc(F)c(F)cc1F.O=CO. The van der Waals surface area contributed by atoms with Crippen LogP contribution in [0.5, 0.6) is 0 Å². The molecule has 0 unspecified atom stereocenters. The average molecular weight is 458 g/mol. The molecule has 32 heavy (non-hydrogen) atoms. The number of halogens is 4. The maximum Gasteiger partial charge on any atom is 0.290 e. The predicted octanol–water partition coefficient (Wildman–Crippen LogP) is 2.77. The van der Waals surface area contributed by atoms with E-state index in [9.17, 15) is 22.4 Å². The second-order valence-electron chi connectivity index (χ2n) is 7.80. The van der Waals surface area contributed by atoms with Crippen molar-refractivity contribution in [3.63, 3.8) is 0 Å². The van der Waals surface area contributed by atoms with E-state index < -0.39 is 35.2 Å². The van der Waals surface area contributed by atoms with Gasteiger partial charge in [0.05, 0.1) is 6.04 Å². The molecular weight excluding hydrogens is 436 g/mol. The van der Waals surface area contributed by atoms with E-state index in [0.29, 0.717) is 38.3 Å². The normalized spacial score (nSPS) is 19.8. The fourth-order valence-corrected chi connectivity index (χ4v) is 3.63. The molecule has 2 aromatic rings. The summed E-state index contributed by atoms with van der Waals surface area (Å²) in [5, 5.41) is 10.7. The Labute approximate surface area is 180 Å². The third-order valence-electron chi connectivity index (χ3n) is 5.39. The predicted molar refractivity (Wildman–Crippen MR) is 101 cm³/mol. The van der Waals surface area contributed by atoms with Crippen molar-refractivity contribution in [3.05, 3.63) is 46.9 Å². The molecule has 8 nitrogen and oxygen atoms in total. The van der Waals surface area contributed by atoms with Gasteiger partial charge in [0, 0.05) is 25.1 Å². The van der Waals surface area contributed by atoms with Gasteiger partial charge < -0.3 is 20.3 Å². The van der Waals surface area contributed by atoms with E-state index in [1.54, 1.807) is 4.90 Å². The highest BCUT2D eigenvalue weighted by molar-refractivity contribution is 5.77. The van der Waals surface area contributed by atoms with Crippen LogP contribution in [0, 0.1) is 17.5 Å². The first-order chi connectivity index (χ1) is 15.2. The van der Waals surface area contributed by atoms with Crippen molar-refractivity contribution in [2.75, 3.05) is 6.54 Å². The molecule has 1 aliphatic heterocycles. The Kier molecular flexibility index (Phi) is 7.12. The molecule has 2 heterocycles. The number of amides is 1. The molecule has 0 bridgehead atoms. The number of carbonyl (C=O) groups excluding carboxylic acids is 1. The Morgan fingerprint density at radius 2 is 1.97 bits per heavy atom. The number of rotatable bonds is 6. The van der Waals surface area contributed by atoms with E-state index in [1.165, 1.54) is 0 Å². The Hall–Kier alpha value is -3.02. The van der Waals surface area contributed by atoms with Crippen molar-refractivity contribution in [2.45, 2.75) is 56.3 Å². The minimum Gasteiger partial charge on any atom is -0.483 e. The van der Waals surface area contributed by atoms with Crippen LogP contribution >= 0.6 is 0 Å². The Morgan fingerprint density at radius 1 is 1.31 bits per heavy atom. The average Bonchev–Trinajstić information content (AvgIpc) is 3.13. The molecule has 12 heteroatoms. The molecule has 4 rings (SSSR count). The summed E-state index contributed by atoms with van der Waals surface area (Å²) in [5.41, 5.74) is 4.31. The molecule has 1 saturated carbocycles. The summed E-state index contributed by atoms with van der Waals surface area (Å²) in [5.74, 6) is -3.46. The van der Waals surface area contributed by atoms with Gasteiger partial charge in [0.2, 0.25) is 5.91 Å². The van der Waals surface area contributed by atoms with Gasteiger partial charge in [-0.05, 0) is 43.7 Å². The second kappa shape index (κ2) is 9.63. The van der Waals surface area contributed by atoms with E-state index in [4.69, 9.17) is 20.2 Å². The summed E-state index contributed by atoms with van der Waals surface area (Å²) < 4.78 is 59.3. The highest BCUT2D eigenvalue weighted by Crippen LogP contribution is 2.49. The van der Waals surface area contributed by atoms with Crippen LogP contribution < -0.4 is 5.73 Å². The lowest BCUT2D eigenvalue weighted by atomic mass is 10.0. The van der Waals surface area contributed by atoms with E-state index in [0.717, 1.165) is 6.07 Å². The topological polar surface area (TPSA) is 123 Å². The van der Waals surface area contributed by atoms with Gasteiger partial charge in [-0.3, -0.25) is 9.59 Å². The van der Waals surface area contributed by atoms with Crippen molar-refractivity contribution in [2.24, 2.45) is 5.73 Å². The molecule has 1 aromatic carbocycles. The molecule has 174 valence electrons. The third-order valence-corrected chi connectivity index (χ3v) is 5.39. The number of benzene rings is 1. The first kappa shape index (κ1) is 23.6. The first-order valence-corrected chi connectivity index (χ1v) is 9.98. The van der Waals surface area contributed by atoms with Crippen LogP contribution in [-0.4, -0.2) is 45.1 Å². The molecule has 2 atom stereocenters. The number of carbonyl (C=O) groups is 2. The van der Waals surface area contributed by atoms with E-state index in [2.05, 4.69) is 10.1 Å². The summed E-state index contributed by atoms with van der Waals surface area (Å²) in [6.45, 7) is 0.209. The number of alkyl halides is 1. The van der Waals surface area contributed by atoms with Crippen molar-refractivity contribution in [1.29, 1.82) is 0 Å². The van der Waals surface area contributed by atoms with Crippen LogP contribution in [0.3, 0.4) is 0 Å². The van der Waals surface area contributed by atoms with Crippen molar-refractivity contribution < 1.29 is 36.8 Å². The molecule has 0 radical (unpaired) electrons. The van der Waals surface area contributed by atoms with Crippen molar-refractivity contribution in [1.82, 2.24) is 15.0 Å². The molecule has 2 fully saturated rings. The maximum absolute atomic E-state index is 14.1. The fourth-order valence-electron chi connectivity index (χ4n) is 3.63. The van der Waals surface area contributed by atoms with Gasteiger partial charge in [-0.2, -0.15) is 4.98 Å². The van der Waals surface area contributed by atoms with E-state index >= 15 is 0 Å². The Morgan fingerprint density at radius 3 is 2.62 bits per heavy atom. The van der Waals surface area contributed by atoms with Crippen molar-refractivity contribution >= 4 is 12.4 Å². The largest absolute Gasteiger partial charge is 0.483 e. The lowest BCUT2D eigenvalue weighted by molar-refractivity contribution is -0.132. The number of nitrogens with two attached hydrogens (primary N) is 1. The molecule has 1 aromatic heterocycles. The number of carboxylic acid groups (broad SMARTS) is 1. The van der Waals surface area contributed by atoms with Crippen LogP contribution in [0.15, 0.2) is 16.7 Å². The molecule has 3 N–H and O–H groups in total. The lowest BCUT2D eigenvalue weighted by Crippen LogP contribution is -2.36. The molecule has 1 amide bonds. The van der Waals surface area contributed by atoms with Gasteiger partial charge in [-0.1, -0.05) is 5.16 Å². The standard InChI is InChI=1S/C19H20F4N4O2.CH2O2/c20-12-9-14(22)13(21)7-10(12)6-11(24)8-16(28)27-5-1-2-15(27)17-25-18(29-26-17)19(23)3-4-19;2-1-3/h7,9,11,15H,1-6,8,24H2;1H,(H,2,3)/t11-,15+;/m1./s1. The van der Waals surface area contributed by atoms with Crippen LogP contribution in [0.4, 0.5) is 17.6 Å². The van der Waals surface area contributed by atoms with Gasteiger partial charge in [0.1, 0.15) is 5.82 Å². The monoisotopic (exact) mass is 458 g/mol. The highest BCUT2D eigenvalue weighted by Gasteiger charge is 2.51. The van der Waals surface area contributed by atoms with E-state index in [1.807, 2.05) is 0 Å². The summed E-state index contributed by atoms with van der Waals surface area (Å²) in [6, 6.07) is -0.0145. The number of hydrogen-bond acceptors (Lipinski definition) is 6. The minimum absolute atomic E-state index is 0.0580. The van der Waals surface area contributed by atoms with Crippen LogP contribution in [0.25, 0.3) is 0 Å². The molecule has 1 saturated heterocycles. The summed E-state index contributed by atoms with van der Waals surface area (Å²) in [7, 11) is 0. The van der Waals surface area contributed by atoms with Crippen LogP contribution in [-0.2, 0) is 21.7 Å². The first-order valence-electron chi connectivity index (χ1n) is 9.98. The zero-order chi connectivity index (χ0) is 23.5. The Balaban J connectivity index is 0.000000913. The number of aromatic nitrogens is 2. The number of hydrogen-bond donors (Lipinski definition) is 2. The van der Waals surface area contributed by atoms with Crippen LogP contribution in [0.2, 0.25) is 0 Å². The summed E-state index contributed by atoms with van der Waals surface area (Å²) in [6.07, 6.45) is 1.77. The second-order valence-corrected chi connectivity index (χ2v) is 7.80. The highest BCUT2D eigenvalue weighted by atomic mass is 19.2. The molecule has 2 aliphatic rings. The van der Waals surface area contributed by atoms with Crippen LogP contribution in [0.1, 0.15) is 55.4 Å². The number of likely N-dealkylation sites (tertiary alicyclic amines) is 1. The minimum atomic E-state index is -1.55. The fraction of sp³-hybridized carbons (Fsp3) is 0.500. The van der Waals surface area contributed by atoms with Gasteiger partial charge in [-0.25, -0.2) is 17.6 Å². The third kappa shape index (κ3) is 5.23. The van der Waals surface area contributed by atoms with Crippen molar-refractivity contribution in [3.8, 4) is 0 Å². The van der Waals surface area contributed by atoms with E-state index in [-0.39, 0.29) is 42.5 Å². The lowest BCUT2D eigenvalue weighted by Gasteiger charge is -2.24. The van der Waals surface area contributed by atoms with Gasteiger partial charge >= 0.3 is 0 Å². The van der Waals surface area contributed by atoms with Gasteiger partial charge in [-0.15, -0.1) is 0 Å². The number of nitrogens with zero attached hydrogens (tertiary/aromatic N) is 3. The molecule has 0 spiro atoms. The van der Waals surface area contributed by atoms with Gasteiger partial charge in [0.25, 0.3) is 12.4 Å². The zero-order valence-corrected chi connectivity index (χ0v) is 16.9. The summed E-state index contributed by atoms with van der Waals surface area (Å²) in [4.78, 5) is 26.8. The summed E-state index contributed by atoms with van der Waals surface area (Å²) >= 11 is 0. The maximum atomic E-state index is 14.1.